The molecule has 0 amide bonds. The molecule has 2 rings (SSSR count). The van der Waals surface area contributed by atoms with Gasteiger partial charge in [0.05, 0.1) is 11.2 Å². The number of halogens is 6. The van der Waals surface area contributed by atoms with Gasteiger partial charge in [0.25, 0.3) is 0 Å². The third-order valence-electron chi connectivity index (χ3n) is 3.92. The van der Waals surface area contributed by atoms with Gasteiger partial charge >= 0.3 is 19.7 Å². The first-order valence-electron chi connectivity index (χ1n) is 7.22. The number of hydrogen-bond acceptors (Lipinski definition) is 2. The van der Waals surface area contributed by atoms with Crippen LogP contribution in [-0.4, -0.2) is 16.7 Å². The van der Waals surface area contributed by atoms with E-state index in [1.807, 2.05) is 0 Å². The van der Waals surface area contributed by atoms with Crippen molar-refractivity contribution in [3.63, 3.8) is 0 Å². The first kappa shape index (κ1) is 19.1. The van der Waals surface area contributed by atoms with E-state index in [0.717, 1.165) is 12.5 Å². The van der Waals surface area contributed by atoms with Gasteiger partial charge in [-0.2, -0.15) is 22.0 Å². The minimum atomic E-state index is -6.00. The highest BCUT2D eigenvalue weighted by molar-refractivity contribution is 7.54. The Hall–Kier alpha value is -1.21. The summed E-state index contributed by atoms with van der Waals surface area (Å²) in [5, 5.41) is 0. The number of alkyl halides is 5. The van der Waals surface area contributed by atoms with E-state index in [1.54, 1.807) is 0 Å². The summed E-state index contributed by atoms with van der Waals surface area (Å²) in [6.07, 6.45) is -3.14. The van der Waals surface area contributed by atoms with Crippen LogP contribution in [0.5, 0.6) is 5.75 Å². The highest BCUT2D eigenvalue weighted by Crippen LogP contribution is 2.54. The van der Waals surface area contributed by atoms with Crippen molar-refractivity contribution in [1.29, 1.82) is 0 Å². The molecule has 0 aromatic heterocycles. The number of hydrogen-bond donors (Lipinski definition) is 1. The molecule has 0 radical (unpaired) electrons. The molecule has 3 nitrogen and oxygen atoms in total. The summed E-state index contributed by atoms with van der Waals surface area (Å²) in [5.41, 5.74) is -2.74. The van der Waals surface area contributed by atoms with Crippen LogP contribution in [0, 0.1) is 5.82 Å². The van der Waals surface area contributed by atoms with Gasteiger partial charge in [-0.05, 0) is 25.0 Å². The first-order valence-corrected chi connectivity index (χ1v) is 8.87. The molecule has 1 fully saturated rings. The Bertz CT molecular complexity index is 640. The molecule has 1 aliphatic carbocycles. The lowest BCUT2D eigenvalue weighted by Gasteiger charge is -2.27. The Morgan fingerprint density at radius 1 is 1.08 bits per heavy atom. The van der Waals surface area contributed by atoms with Crippen molar-refractivity contribution in [2.75, 3.05) is 0 Å². The summed E-state index contributed by atoms with van der Waals surface area (Å²) < 4.78 is 94.8. The van der Waals surface area contributed by atoms with Crippen LogP contribution in [0.2, 0.25) is 0 Å². The van der Waals surface area contributed by atoms with Gasteiger partial charge in [0.2, 0.25) is 0 Å². The van der Waals surface area contributed by atoms with Crippen LogP contribution in [0.1, 0.15) is 37.7 Å². The quantitative estimate of drug-likeness (QED) is 0.567. The second-order valence-electron chi connectivity index (χ2n) is 5.64. The zero-order valence-electron chi connectivity index (χ0n) is 12.3. The molecule has 0 saturated heterocycles. The molecule has 1 atom stereocenters. The van der Waals surface area contributed by atoms with Gasteiger partial charge in [-0.3, -0.25) is 0 Å². The van der Waals surface area contributed by atoms with Crippen molar-refractivity contribution in [3.05, 3.63) is 29.6 Å². The van der Waals surface area contributed by atoms with Crippen molar-refractivity contribution < 1.29 is 40.3 Å². The summed E-state index contributed by atoms with van der Waals surface area (Å²) in [7, 11) is -4.40. The molecule has 0 heterocycles. The molecule has 136 valence electrons. The smallest absolute Gasteiger partial charge is 0.421 e. The minimum absolute atomic E-state index is 0.262. The van der Waals surface area contributed by atoms with E-state index < -0.39 is 42.5 Å². The second-order valence-corrected chi connectivity index (χ2v) is 7.68. The van der Waals surface area contributed by atoms with E-state index >= 15 is 0 Å². The van der Waals surface area contributed by atoms with E-state index in [4.69, 9.17) is 0 Å². The van der Waals surface area contributed by atoms with Crippen molar-refractivity contribution >= 4 is 7.60 Å². The number of benzene rings is 1. The van der Waals surface area contributed by atoms with Crippen LogP contribution in [0.25, 0.3) is 0 Å². The normalized spacial score (nSPS) is 19.8. The van der Waals surface area contributed by atoms with Crippen LogP contribution in [0.4, 0.5) is 26.3 Å². The number of rotatable bonds is 4. The lowest BCUT2D eigenvalue weighted by Crippen LogP contribution is -2.34. The molecular formula is C14H15F6O3P. The summed E-state index contributed by atoms with van der Waals surface area (Å²) in [6, 6.07) is 1.73. The third kappa shape index (κ3) is 3.72. The third-order valence-corrected chi connectivity index (χ3v) is 5.82. The van der Waals surface area contributed by atoms with E-state index in [-0.39, 0.29) is 6.07 Å². The van der Waals surface area contributed by atoms with E-state index in [2.05, 4.69) is 4.52 Å². The van der Waals surface area contributed by atoms with Gasteiger partial charge in [0.1, 0.15) is 0 Å². The Balaban J connectivity index is 2.33. The highest BCUT2D eigenvalue weighted by atomic mass is 31.2. The molecule has 1 unspecified atom stereocenters. The summed E-state index contributed by atoms with van der Waals surface area (Å²) >= 11 is 0. The maximum Gasteiger partial charge on any atom is 0.458 e. The first-order chi connectivity index (χ1) is 11.0. The standard InChI is InChI=1S/C14H15F6O3P/c15-12-10(13(16,17)14(18,19)20)7-4-8-11(12)23-24(21,22)9-5-2-1-3-6-9/h4,7-9H,1-3,5-6H2,(H,21,22). The largest absolute Gasteiger partial charge is 0.458 e. The topological polar surface area (TPSA) is 46.5 Å². The molecule has 1 aromatic rings. The van der Waals surface area contributed by atoms with Crippen molar-refractivity contribution in [3.8, 4) is 5.75 Å². The van der Waals surface area contributed by atoms with Crippen molar-refractivity contribution in [1.82, 2.24) is 0 Å². The van der Waals surface area contributed by atoms with Crippen LogP contribution >= 0.6 is 7.60 Å². The van der Waals surface area contributed by atoms with Gasteiger partial charge in [-0.25, -0.2) is 8.96 Å². The van der Waals surface area contributed by atoms with Gasteiger partial charge in [0, 0.05) is 0 Å². The maximum absolute atomic E-state index is 14.1. The second kappa shape index (κ2) is 6.59. The lowest BCUT2D eigenvalue weighted by molar-refractivity contribution is -0.290. The van der Waals surface area contributed by atoms with Gasteiger partial charge in [-0.1, -0.05) is 25.3 Å². The summed E-state index contributed by atoms with van der Waals surface area (Å²) in [6.45, 7) is 0. The molecule has 24 heavy (non-hydrogen) atoms. The average molecular weight is 376 g/mol. The van der Waals surface area contributed by atoms with Crippen molar-refractivity contribution in [2.45, 2.75) is 49.9 Å². The highest BCUT2D eigenvalue weighted by Gasteiger charge is 2.60. The van der Waals surface area contributed by atoms with Crippen LogP contribution in [-0.2, 0) is 10.5 Å². The Kier molecular flexibility index (Phi) is 5.25. The fourth-order valence-electron chi connectivity index (χ4n) is 2.60. The molecule has 1 aliphatic rings. The fraction of sp³-hybridized carbons (Fsp3) is 0.571. The molecule has 0 spiro atoms. The maximum atomic E-state index is 14.1. The van der Waals surface area contributed by atoms with Gasteiger partial charge in [-0.15, -0.1) is 0 Å². The molecule has 1 saturated carbocycles. The molecule has 10 heteroatoms. The van der Waals surface area contributed by atoms with Gasteiger partial charge in [0.15, 0.2) is 11.6 Å². The van der Waals surface area contributed by atoms with E-state index in [1.165, 1.54) is 0 Å². The lowest BCUT2D eigenvalue weighted by atomic mass is 10.0. The Morgan fingerprint density at radius 3 is 2.21 bits per heavy atom. The van der Waals surface area contributed by atoms with Crippen LogP contribution in [0.3, 0.4) is 0 Å². The predicted molar refractivity (Wildman–Crippen MR) is 73.7 cm³/mol. The zero-order chi connectivity index (χ0) is 18.2. The summed E-state index contributed by atoms with van der Waals surface area (Å²) in [5.74, 6) is -8.53. The zero-order valence-corrected chi connectivity index (χ0v) is 13.2. The SMILES string of the molecule is O=P(O)(Oc1cccc(C(F)(F)C(F)(F)F)c1F)C1CCCCC1. The van der Waals surface area contributed by atoms with Crippen LogP contribution < -0.4 is 4.52 Å². The Morgan fingerprint density at radius 2 is 1.67 bits per heavy atom. The Labute approximate surface area is 134 Å². The summed E-state index contributed by atoms with van der Waals surface area (Å²) in [4.78, 5) is 9.93. The average Bonchev–Trinajstić information content (AvgIpc) is 2.49. The molecule has 0 aliphatic heterocycles. The molecule has 0 bridgehead atoms. The monoisotopic (exact) mass is 376 g/mol. The van der Waals surface area contributed by atoms with Crippen molar-refractivity contribution in [2.24, 2.45) is 0 Å². The molecule has 1 N–H and O–H groups in total. The predicted octanol–water partition coefficient (Wildman–Crippen LogP) is 5.38. The fourth-order valence-corrected chi connectivity index (χ4v) is 4.19. The van der Waals surface area contributed by atoms with Gasteiger partial charge < -0.3 is 9.42 Å². The minimum Gasteiger partial charge on any atom is -0.421 e. The molecular weight excluding hydrogens is 361 g/mol. The molecule has 1 aromatic carbocycles. The van der Waals surface area contributed by atoms with E-state index in [9.17, 15) is 35.8 Å². The van der Waals surface area contributed by atoms with E-state index in [0.29, 0.717) is 31.7 Å². The van der Waals surface area contributed by atoms with Crippen LogP contribution in [0.15, 0.2) is 18.2 Å².